The zero-order valence-corrected chi connectivity index (χ0v) is 10.8. The Morgan fingerprint density at radius 2 is 1.94 bits per heavy atom. The highest BCUT2D eigenvalue weighted by molar-refractivity contribution is 9.10. The van der Waals surface area contributed by atoms with E-state index in [0.29, 0.717) is 6.54 Å². The molecule has 0 amide bonds. The van der Waals surface area contributed by atoms with E-state index in [-0.39, 0.29) is 6.10 Å². The van der Waals surface area contributed by atoms with Crippen molar-refractivity contribution >= 4 is 15.9 Å². The fourth-order valence-electron chi connectivity index (χ4n) is 1.49. The SMILES string of the molecule is NCC(Oc1ccccc1Br)c1ccccn1. The number of rotatable bonds is 4. The summed E-state index contributed by atoms with van der Waals surface area (Å²) in [7, 11) is 0. The van der Waals surface area contributed by atoms with Crippen LogP contribution in [-0.2, 0) is 0 Å². The van der Waals surface area contributed by atoms with Gasteiger partial charge < -0.3 is 10.5 Å². The summed E-state index contributed by atoms with van der Waals surface area (Å²) in [5.74, 6) is 0.772. The average Bonchev–Trinajstić information content (AvgIpc) is 2.39. The molecule has 4 heteroatoms. The lowest BCUT2D eigenvalue weighted by Gasteiger charge is -2.17. The van der Waals surface area contributed by atoms with Gasteiger partial charge in [-0.1, -0.05) is 18.2 Å². The number of halogens is 1. The summed E-state index contributed by atoms with van der Waals surface area (Å²) in [5, 5.41) is 0. The summed E-state index contributed by atoms with van der Waals surface area (Å²) in [6, 6.07) is 13.4. The first kappa shape index (κ1) is 12.1. The van der Waals surface area contributed by atoms with Crippen molar-refractivity contribution < 1.29 is 4.74 Å². The molecule has 0 radical (unpaired) electrons. The normalized spacial score (nSPS) is 12.1. The molecule has 3 nitrogen and oxygen atoms in total. The van der Waals surface area contributed by atoms with Gasteiger partial charge in [0.25, 0.3) is 0 Å². The summed E-state index contributed by atoms with van der Waals surface area (Å²) >= 11 is 3.44. The molecule has 17 heavy (non-hydrogen) atoms. The highest BCUT2D eigenvalue weighted by Gasteiger charge is 2.13. The first-order valence-corrected chi connectivity index (χ1v) is 6.12. The minimum Gasteiger partial charge on any atom is -0.482 e. The Balaban J connectivity index is 2.19. The Morgan fingerprint density at radius 3 is 2.59 bits per heavy atom. The first-order chi connectivity index (χ1) is 8.31. The summed E-state index contributed by atoms with van der Waals surface area (Å²) < 4.78 is 6.76. The maximum absolute atomic E-state index is 5.85. The quantitative estimate of drug-likeness (QED) is 0.943. The van der Waals surface area contributed by atoms with E-state index in [0.717, 1.165) is 15.9 Å². The Kier molecular flexibility index (Phi) is 4.12. The molecular weight excluding hydrogens is 280 g/mol. The van der Waals surface area contributed by atoms with Gasteiger partial charge in [0, 0.05) is 12.7 Å². The van der Waals surface area contributed by atoms with Crippen LogP contribution in [0.3, 0.4) is 0 Å². The molecule has 0 saturated heterocycles. The predicted molar refractivity (Wildman–Crippen MR) is 70.8 cm³/mol. The van der Waals surface area contributed by atoms with Crippen LogP contribution in [0.15, 0.2) is 53.1 Å². The second kappa shape index (κ2) is 5.80. The van der Waals surface area contributed by atoms with Crippen LogP contribution in [-0.4, -0.2) is 11.5 Å². The van der Waals surface area contributed by atoms with Crippen molar-refractivity contribution in [3.05, 3.63) is 58.8 Å². The molecule has 2 N–H and O–H groups in total. The van der Waals surface area contributed by atoms with E-state index in [2.05, 4.69) is 20.9 Å². The standard InChI is InChI=1S/C13H13BrN2O/c14-10-5-1-2-7-12(10)17-13(9-15)11-6-3-4-8-16-11/h1-8,13H,9,15H2. The lowest BCUT2D eigenvalue weighted by molar-refractivity contribution is 0.208. The van der Waals surface area contributed by atoms with Crippen molar-refractivity contribution in [3.63, 3.8) is 0 Å². The van der Waals surface area contributed by atoms with E-state index in [1.165, 1.54) is 0 Å². The van der Waals surface area contributed by atoms with E-state index in [1.54, 1.807) is 6.20 Å². The maximum atomic E-state index is 5.85. The molecule has 0 fully saturated rings. The van der Waals surface area contributed by atoms with Gasteiger partial charge in [-0.2, -0.15) is 0 Å². The van der Waals surface area contributed by atoms with Crippen molar-refractivity contribution in [2.45, 2.75) is 6.10 Å². The Labute approximate surface area is 109 Å². The monoisotopic (exact) mass is 292 g/mol. The largest absolute Gasteiger partial charge is 0.482 e. The minimum absolute atomic E-state index is 0.227. The summed E-state index contributed by atoms with van der Waals surface area (Å²) in [4.78, 5) is 4.26. The van der Waals surface area contributed by atoms with Crippen molar-refractivity contribution in [3.8, 4) is 5.75 Å². The number of para-hydroxylation sites is 1. The molecule has 0 aliphatic carbocycles. The van der Waals surface area contributed by atoms with Gasteiger partial charge >= 0.3 is 0 Å². The Morgan fingerprint density at radius 1 is 1.18 bits per heavy atom. The molecule has 1 heterocycles. The van der Waals surface area contributed by atoms with Gasteiger partial charge in [-0.3, -0.25) is 4.98 Å². The van der Waals surface area contributed by atoms with Crippen LogP contribution in [0.25, 0.3) is 0 Å². The zero-order chi connectivity index (χ0) is 12.1. The third-order valence-electron chi connectivity index (χ3n) is 2.34. The van der Waals surface area contributed by atoms with Crippen LogP contribution in [0.4, 0.5) is 0 Å². The molecule has 0 spiro atoms. The van der Waals surface area contributed by atoms with E-state index in [1.807, 2.05) is 42.5 Å². The summed E-state index contributed by atoms with van der Waals surface area (Å²) in [5.41, 5.74) is 6.56. The molecule has 1 unspecified atom stereocenters. The number of benzene rings is 1. The Hall–Kier alpha value is -1.39. The van der Waals surface area contributed by atoms with Gasteiger partial charge in [0.05, 0.1) is 10.2 Å². The van der Waals surface area contributed by atoms with Crippen molar-refractivity contribution in [1.82, 2.24) is 4.98 Å². The smallest absolute Gasteiger partial charge is 0.153 e. The fraction of sp³-hybridized carbons (Fsp3) is 0.154. The van der Waals surface area contributed by atoms with Crippen LogP contribution < -0.4 is 10.5 Å². The molecule has 0 saturated carbocycles. The number of hydrogen-bond donors (Lipinski definition) is 1. The Bertz CT molecular complexity index is 476. The van der Waals surface area contributed by atoms with Crippen LogP contribution in [0.5, 0.6) is 5.75 Å². The molecule has 0 aliphatic heterocycles. The van der Waals surface area contributed by atoms with Crippen molar-refractivity contribution in [1.29, 1.82) is 0 Å². The highest BCUT2D eigenvalue weighted by atomic mass is 79.9. The van der Waals surface area contributed by atoms with Gasteiger partial charge in [0.1, 0.15) is 5.75 Å². The van der Waals surface area contributed by atoms with Crippen LogP contribution in [0.2, 0.25) is 0 Å². The zero-order valence-electron chi connectivity index (χ0n) is 9.21. The third kappa shape index (κ3) is 3.05. The number of ether oxygens (including phenoxy) is 1. The first-order valence-electron chi connectivity index (χ1n) is 5.33. The number of nitrogens with zero attached hydrogens (tertiary/aromatic N) is 1. The summed E-state index contributed by atoms with van der Waals surface area (Å²) in [6.45, 7) is 0.387. The maximum Gasteiger partial charge on any atom is 0.153 e. The molecule has 88 valence electrons. The number of aromatic nitrogens is 1. The van der Waals surface area contributed by atoms with Crippen LogP contribution in [0.1, 0.15) is 11.8 Å². The third-order valence-corrected chi connectivity index (χ3v) is 2.99. The molecule has 2 rings (SSSR count). The predicted octanol–water partition coefficient (Wildman–Crippen LogP) is 2.92. The number of hydrogen-bond acceptors (Lipinski definition) is 3. The van der Waals surface area contributed by atoms with E-state index < -0.39 is 0 Å². The molecule has 1 aromatic heterocycles. The van der Waals surface area contributed by atoms with Gasteiger partial charge in [-0.05, 0) is 40.2 Å². The second-order valence-corrected chi connectivity index (χ2v) is 4.38. The molecule has 2 aromatic rings. The molecule has 1 aromatic carbocycles. The molecule has 0 aliphatic rings. The minimum atomic E-state index is -0.227. The van der Waals surface area contributed by atoms with Crippen LogP contribution >= 0.6 is 15.9 Å². The topological polar surface area (TPSA) is 48.1 Å². The number of pyridine rings is 1. The number of nitrogens with two attached hydrogens (primary N) is 1. The van der Waals surface area contributed by atoms with Gasteiger partial charge in [-0.25, -0.2) is 0 Å². The van der Waals surface area contributed by atoms with Gasteiger partial charge in [0.2, 0.25) is 0 Å². The van der Waals surface area contributed by atoms with Crippen molar-refractivity contribution in [2.75, 3.05) is 6.54 Å². The lowest BCUT2D eigenvalue weighted by Crippen LogP contribution is -2.19. The highest BCUT2D eigenvalue weighted by Crippen LogP contribution is 2.28. The van der Waals surface area contributed by atoms with E-state index >= 15 is 0 Å². The van der Waals surface area contributed by atoms with E-state index in [9.17, 15) is 0 Å². The van der Waals surface area contributed by atoms with E-state index in [4.69, 9.17) is 10.5 Å². The van der Waals surface area contributed by atoms with Crippen molar-refractivity contribution in [2.24, 2.45) is 5.73 Å². The summed E-state index contributed by atoms with van der Waals surface area (Å²) in [6.07, 6.45) is 1.51. The van der Waals surface area contributed by atoms with Gasteiger partial charge in [0.15, 0.2) is 6.10 Å². The molecular formula is C13H13BrN2O. The fourth-order valence-corrected chi connectivity index (χ4v) is 1.87. The molecule has 1 atom stereocenters. The molecule has 0 bridgehead atoms. The lowest BCUT2D eigenvalue weighted by atomic mass is 10.2. The average molecular weight is 293 g/mol. The van der Waals surface area contributed by atoms with Gasteiger partial charge in [-0.15, -0.1) is 0 Å². The van der Waals surface area contributed by atoms with Crippen LogP contribution in [0, 0.1) is 0 Å². The second-order valence-electron chi connectivity index (χ2n) is 3.53.